The van der Waals surface area contributed by atoms with E-state index >= 15 is 0 Å². The van der Waals surface area contributed by atoms with Crippen LogP contribution in [0.4, 0.5) is 0 Å². The maximum Gasteiger partial charge on any atom is 0.261 e. The number of hydrogen-bond acceptors (Lipinski definition) is 3. The van der Waals surface area contributed by atoms with Gasteiger partial charge in [-0.15, -0.1) is 0 Å². The first-order chi connectivity index (χ1) is 17.4. The molecule has 0 aromatic heterocycles. The van der Waals surface area contributed by atoms with Crippen LogP contribution in [0.5, 0.6) is 5.75 Å². The Morgan fingerprint density at radius 3 is 2.42 bits per heavy atom. The van der Waals surface area contributed by atoms with Gasteiger partial charge in [0.2, 0.25) is 5.91 Å². The van der Waals surface area contributed by atoms with Crippen molar-refractivity contribution >= 4 is 27.7 Å². The van der Waals surface area contributed by atoms with E-state index in [1.807, 2.05) is 86.6 Å². The highest BCUT2D eigenvalue weighted by Crippen LogP contribution is 2.22. The number of nitrogens with one attached hydrogen (secondary N) is 1. The molecule has 1 atom stereocenters. The standard InChI is InChI=1S/C30H35BrN2O3/c1-4-5-16-32-30(35)28(19-24-11-7-6-8-12-24)33(20-25-13-9-10-22(2)17-25)29(34)21-36-26-14-15-27(31)23(3)18-26/h6-15,17-18,28H,4-5,16,19-21H2,1-3H3,(H,32,35)/t28-/m1/s1. The van der Waals surface area contributed by atoms with Crippen LogP contribution < -0.4 is 10.1 Å². The topological polar surface area (TPSA) is 58.6 Å². The van der Waals surface area contributed by atoms with Gasteiger partial charge in [-0.05, 0) is 55.2 Å². The van der Waals surface area contributed by atoms with Crippen molar-refractivity contribution in [3.63, 3.8) is 0 Å². The third kappa shape index (κ3) is 8.23. The largest absolute Gasteiger partial charge is 0.484 e. The molecule has 5 nitrogen and oxygen atoms in total. The average Bonchev–Trinajstić information content (AvgIpc) is 2.87. The van der Waals surface area contributed by atoms with Gasteiger partial charge in [0.1, 0.15) is 11.8 Å². The van der Waals surface area contributed by atoms with E-state index in [0.29, 0.717) is 25.3 Å². The molecule has 0 saturated heterocycles. The zero-order valence-electron chi connectivity index (χ0n) is 21.3. The molecule has 0 aliphatic heterocycles. The molecule has 0 aliphatic rings. The first kappa shape index (κ1) is 27.5. The molecule has 0 spiro atoms. The summed E-state index contributed by atoms with van der Waals surface area (Å²) in [5, 5.41) is 3.05. The maximum atomic E-state index is 13.6. The van der Waals surface area contributed by atoms with Crippen LogP contribution in [-0.4, -0.2) is 35.9 Å². The number of unbranched alkanes of at least 4 members (excludes halogenated alkanes) is 1. The maximum absolute atomic E-state index is 13.6. The zero-order valence-corrected chi connectivity index (χ0v) is 22.9. The molecule has 0 radical (unpaired) electrons. The molecule has 0 fully saturated rings. The lowest BCUT2D eigenvalue weighted by molar-refractivity contribution is -0.142. The van der Waals surface area contributed by atoms with Gasteiger partial charge in [-0.3, -0.25) is 9.59 Å². The van der Waals surface area contributed by atoms with E-state index < -0.39 is 6.04 Å². The Kier molecular flexibility index (Phi) is 10.6. The van der Waals surface area contributed by atoms with E-state index in [1.54, 1.807) is 4.90 Å². The molecule has 0 saturated carbocycles. The minimum atomic E-state index is -0.660. The molecule has 0 unspecified atom stereocenters. The Hall–Kier alpha value is -3.12. The summed E-state index contributed by atoms with van der Waals surface area (Å²) in [5.74, 6) is 0.239. The minimum absolute atomic E-state index is 0.146. The first-order valence-electron chi connectivity index (χ1n) is 12.4. The highest BCUT2D eigenvalue weighted by atomic mass is 79.9. The Labute approximate surface area is 223 Å². The summed E-state index contributed by atoms with van der Waals surface area (Å²) < 4.78 is 6.86. The van der Waals surface area contributed by atoms with Crippen LogP contribution in [0.15, 0.2) is 77.3 Å². The summed E-state index contributed by atoms with van der Waals surface area (Å²) >= 11 is 3.49. The van der Waals surface area contributed by atoms with E-state index in [0.717, 1.165) is 39.6 Å². The fourth-order valence-corrected chi connectivity index (χ4v) is 4.25. The minimum Gasteiger partial charge on any atom is -0.484 e. The Bertz CT molecular complexity index is 1150. The second-order valence-electron chi connectivity index (χ2n) is 9.06. The first-order valence-corrected chi connectivity index (χ1v) is 13.2. The Morgan fingerprint density at radius 2 is 1.72 bits per heavy atom. The van der Waals surface area contributed by atoms with E-state index in [1.165, 1.54) is 0 Å². The number of benzene rings is 3. The van der Waals surface area contributed by atoms with Crippen molar-refractivity contribution in [2.45, 2.75) is 52.6 Å². The highest BCUT2D eigenvalue weighted by Gasteiger charge is 2.30. The molecule has 6 heteroatoms. The number of amides is 2. The summed E-state index contributed by atoms with van der Waals surface area (Å²) in [5.41, 5.74) is 4.10. The number of ether oxygens (including phenoxy) is 1. The van der Waals surface area contributed by atoms with Crippen molar-refractivity contribution in [3.05, 3.63) is 99.5 Å². The fourth-order valence-electron chi connectivity index (χ4n) is 4.00. The predicted molar refractivity (Wildman–Crippen MR) is 148 cm³/mol. The van der Waals surface area contributed by atoms with Crippen molar-refractivity contribution in [3.8, 4) is 5.75 Å². The summed E-state index contributed by atoms with van der Waals surface area (Å²) in [4.78, 5) is 28.7. The third-order valence-corrected chi connectivity index (χ3v) is 6.92. The van der Waals surface area contributed by atoms with Crippen LogP contribution in [0.2, 0.25) is 0 Å². The van der Waals surface area contributed by atoms with Gasteiger partial charge in [0, 0.05) is 24.0 Å². The van der Waals surface area contributed by atoms with Crippen LogP contribution in [0.25, 0.3) is 0 Å². The quantitative estimate of drug-likeness (QED) is 0.281. The molecule has 36 heavy (non-hydrogen) atoms. The lowest BCUT2D eigenvalue weighted by atomic mass is 10.0. The Morgan fingerprint density at radius 1 is 0.972 bits per heavy atom. The molecule has 3 aromatic rings. The van der Waals surface area contributed by atoms with E-state index in [2.05, 4.69) is 28.2 Å². The zero-order chi connectivity index (χ0) is 25.9. The van der Waals surface area contributed by atoms with Crippen molar-refractivity contribution in [2.75, 3.05) is 13.2 Å². The SMILES string of the molecule is CCCCNC(=O)[C@@H](Cc1ccccc1)N(Cc1cccc(C)c1)C(=O)COc1ccc(Br)c(C)c1. The molecule has 1 N–H and O–H groups in total. The summed E-state index contributed by atoms with van der Waals surface area (Å²) in [6, 6.07) is 22.8. The van der Waals surface area contributed by atoms with Crippen LogP contribution >= 0.6 is 15.9 Å². The molecule has 3 aromatic carbocycles. The Balaban J connectivity index is 1.89. The number of carbonyl (C=O) groups is 2. The van der Waals surface area contributed by atoms with Crippen LogP contribution in [-0.2, 0) is 22.6 Å². The lowest BCUT2D eigenvalue weighted by Crippen LogP contribution is -2.51. The second-order valence-corrected chi connectivity index (χ2v) is 9.91. The molecule has 3 rings (SSSR count). The van der Waals surface area contributed by atoms with Gasteiger partial charge in [0.05, 0.1) is 0 Å². The number of nitrogens with zero attached hydrogens (tertiary/aromatic N) is 1. The summed E-state index contributed by atoms with van der Waals surface area (Å²) in [6.45, 7) is 6.83. The van der Waals surface area contributed by atoms with Crippen molar-refractivity contribution in [2.24, 2.45) is 0 Å². The van der Waals surface area contributed by atoms with Crippen molar-refractivity contribution in [1.82, 2.24) is 10.2 Å². The highest BCUT2D eigenvalue weighted by molar-refractivity contribution is 9.10. The molecule has 190 valence electrons. The van der Waals surface area contributed by atoms with E-state index in [4.69, 9.17) is 4.74 Å². The van der Waals surface area contributed by atoms with Crippen LogP contribution in [0, 0.1) is 13.8 Å². The normalized spacial score (nSPS) is 11.6. The molecule has 0 aliphatic carbocycles. The van der Waals surface area contributed by atoms with Crippen LogP contribution in [0.3, 0.4) is 0 Å². The molecule has 0 heterocycles. The monoisotopic (exact) mass is 550 g/mol. The van der Waals surface area contributed by atoms with E-state index in [-0.39, 0.29) is 18.4 Å². The van der Waals surface area contributed by atoms with Crippen molar-refractivity contribution in [1.29, 1.82) is 0 Å². The summed E-state index contributed by atoms with van der Waals surface area (Å²) in [7, 11) is 0. The summed E-state index contributed by atoms with van der Waals surface area (Å²) in [6.07, 6.45) is 2.30. The molecule has 0 bridgehead atoms. The van der Waals surface area contributed by atoms with Gasteiger partial charge in [-0.25, -0.2) is 0 Å². The second kappa shape index (κ2) is 13.8. The number of aryl methyl sites for hydroxylation is 2. The molecule has 2 amide bonds. The van der Waals surface area contributed by atoms with E-state index in [9.17, 15) is 9.59 Å². The molecular formula is C30H35BrN2O3. The van der Waals surface area contributed by atoms with Crippen LogP contribution in [0.1, 0.15) is 42.0 Å². The number of halogens is 1. The van der Waals surface area contributed by atoms with Gasteiger partial charge in [0.25, 0.3) is 5.91 Å². The van der Waals surface area contributed by atoms with Gasteiger partial charge in [-0.2, -0.15) is 0 Å². The van der Waals surface area contributed by atoms with Gasteiger partial charge >= 0.3 is 0 Å². The number of carbonyl (C=O) groups excluding carboxylic acids is 2. The third-order valence-electron chi connectivity index (χ3n) is 6.03. The molecular weight excluding hydrogens is 516 g/mol. The van der Waals surface area contributed by atoms with Gasteiger partial charge in [-0.1, -0.05) is 89.4 Å². The predicted octanol–water partition coefficient (Wildman–Crippen LogP) is 6.00. The fraction of sp³-hybridized carbons (Fsp3) is 0.333. The number of hydrogen-bond donors (Lipinski definition) is 1. The smallest absolute Gasteiger partial charge is 0.261 e. The van der Waals surface area contributed by atoms with Gasteiger partial charge in [0.15, 0.2) is 6.61 Å². The van der Waals surface area contributed by atoms with Gasteiger partial charge < -0.3 is 15.0 Å². The lowest BCUT2D eigenvalue weighted by Gasteiger charge is -2.31. The average molecular weight is 552 g/mol. The number of rotatable bonds is 12. The van der Waals surface area contributed by atoms with Crippen molar-refractivity contribution < 1.29 is 14.3 Å².